The van der Waals surface area contributed by atoms with Gasteiger partial charge < -0.3 is 14.5 Å². The monoisotopic (exact) mass is 308 g/mol. The minimum absolute atomic E-state index is 0.296. The van der Waals surface area contributed by atoms with Crippen LogP contribution in [0, 0.1) is 0 Å². The highest BCUT2D eigenvalue weighted by molar-refractivity contribution is 5.76. The van der Waals surface area contributed by atoms with Crippen LogP contribution < -0.4 is 0 Å². The number of hydrogen-bond donors (Lipinski definition) is 1. The Balaban J connectivity index is 0.000000136. The molecule has 0 bridgehead atoms. The van der Waals surface area contributed by atoms with Crippen molar-refractivity contribution in [2.24, 2.45) is 0 Å². The predicted octanol–water partition coefficient (Wildman–Crippen LogP) is 4.16. The molecule has 2 heterocycles. The Hall–Kier alpha value is -2.43. The number of nitrogens with zero attached hydrogens (tertiary/aromatic N) is 1. The topological polar surface area (TPSA) is 50.4 Å². The minimum Gasteiger partial charge on any atom is -0.343 e. The molecule has 23 heavy (non-hydrogen) atoms. The van der Waals surface area contributed by atoms with Gasteiger partial charge in [-0.15, -0.1) is 0 Å². The normalized spacial score (nSPS) is 19.0. The molecule has 1 aliphatic rings. The molecule has 1 saturated heterocycles. The molecule has 3 aromatic rings. The van der Waals surface area contributed by atoms with Gasteiger partial charge in [-0.2, -0.15) is 0 Å². The van der Waals surface area contributed by atoms with Crippen LogP contribution in [0.5, 0.6) is 0 Å². The number of H-pyrrole nitrogens is 1. The van der Waals surface area contributed by atoms with Crippen LogP contribution in [0.15, 0.2) is 61.2 Å². The molecule has 1 unspecified atom stereocenters. The molecule has 118 valence electrons. The van der Waals surface area contributed by atoms with E-state index in [1.807, 2.05) is 61.5 Å². The summed E-state index contributed by atoms with van der Waals surface area (Å²) in [6.07, 6.45) is 1.71. The van der Waals surface area contributed by atoms with Crippen molar-refractivity contribution in [2.45, 2.75) is 19.3 Å². The highest BCUT2D eigenvalue weighted by Crippen LogP contribution is 2.28. The molecule has 4 rings (SSSR count). The molecular weight excluding hydrogens is 288 g/mol. The molecule has 1 N–H and O–H groups in total. The van der Waals surface area contributed by atoms with Gasteiger partial charge in [-0.05, 0) is 30.7 Å². The van der Waals surface area contributed by atoms with Gasteiger partial charge >= 0.3 is 0 Å². The molecule has 1 fully saturated rings. The first kappa shape index (κ1) is 15.5. The fourth-order valence-corrected chi connectivity index (χ4v) is 2.06. The lowest BCUT2D eigenvalue weighted by atomic mass is 10.2. The number of para-hydroxylation sites is 2. The number of fused-ring (bicyclic) bond motifs is 1. The van der Waals surface area contributed by atoms with Crippen LogP contribution in [0.25, 0.3) is 17.1 Å². The summed E-state index contributed by atoms with van der Waals surface area (Å²) >= 11 is 0. The highest BCUT2D eigenvalue weighted by Gasteiger charge is 2.40. The lowest BCUT2D eigenvalue weighted by molar-refractivity contribution is -0.0401. The molecular formula is C19H20N2O2. The number of rotatable bonds is 4. The summed E-state index contributed by atoms with van der Waals surface area (Å²) in [5.41, 5.74) is 3.24. The quantitative estimate of drug-likeness (QED) is 0.736. The number of aromatic amines is 1. The average molecular weight is 308 g/mol. The minimum atomic E-state index is -0.296. The Labute approximate surface area is 135 Å². The van der Waals surface area contributed by atoms with E-state index in [1.54, 1.807) is 6.08 Å². The summed E-state index contributed by atoms with van der Waals surface area (Å²) in [7, 11) is 0. The van der Waals surface area contributed by atoms with Crippen molar-refractivity contribution < 1.29 is 9.47 Å². The molecule has 0 radical (unpaired) electrons. The Kier molecular flexibility index (Phi) is 4.55. The Bertz CT molecular complexity index is 743. The molecule has 0 amide bonds. The van der Waals surface area contributed by atoms with Crippen LogP contribution in [0.4, 0.5) is 0 Å². The van der Waals surface area contributed by atoms with Gasteiger partial charge in [0.1, 0.15) is 12.4 Å². The van der Waals surface area contributed by atoms with Gasteiger partial charge in [0, 0.05) is 0 Å². The maximum absolute atomic E-state index is 5.50. The Morgan fingerprint density at radius 1 is 1.22 bits per heavy atom. The fourth-order valence-electron chi connectivity index (χ4n) is 2.06. The molecule has 0 saturated carbocycles. The number of benzene rings is 2. The van der Waals surface area contributed by atoms with E-state index in [0.29, 0.717) is 6.61 Å². The molecule has 1 aromatic heterocycles. The zero-order valence-electron chi connectivity index (χ0n) is 13.2. The second-order valence-corrected chi connectivity index (χ2v) is 5.54. The van der Waals surface area contributed by atoms with Gasteiger partial charge in [0.05, 0.1) is 17.6 Å². The van der Waals surface area contributed by atoms with E-state index in [1.165, 1.54) is 5.56 Å². The molecule has 0 aliphatic carbocycles. The van der Waals surface area contributed by atoms with Crippen LogP contribution in [0.2, 0.25) is 0 Å². The summed E-state index contributed by atoms with van der Waals surface area (Å²) in [5.74, 6) is 0.529. The van der Waals surface area contributed by atoms with E-state index < -0.39 is 0 Å². The van der Waals surface area contributed by atoms with E-state index >= 15 is 0 Å². The summed E-state index contributed by atoms with van der Waals surface area (Å²) in [6, 6.07) is 18.0. The van der Waals surface area contributed by atoms with Crippen LogP contribution in [-0.4, -0.2) is 22.4 Å². The van der Waals surface area contributed by atoms with Crippen molar-refractivity contribution in [3.05, 3.63) is 72.6 Å². The van der Waals surface area contributed by atoms with Crippen LogP contribution in [-0.2, 0) is 16.1 Å². The Morgan fingerprint density at radius 3 is 2.57 bits per heavy atom. The standard InChI is InChI=1S/C10H12O2.C9H8N2/c1-10(8-12-10)11-7-9-5-3-2-4-6-9;1-2-9-10-7-5-3-4-6-8(7)11-9/h2-6H,7-8H2,1H3;2-6H,1H2,(H,10,11). The number of aromatic nitrogens is 2. The van der Waals surface area contributed by atoms with Gasteiger partial charge in [0.25, 0.3) is 0 Å². The van der Waals surface area contributed by atoms with Gasteiger partial charge in [-0.1, -0.05) is 49.0 Å². The lowest BCUT2D eigenvalue weighted by Crippen LogP contribution is -2.09. The van der Waals surface area contributed by atoms with Crippen LogP contribution >= 0.6 is 0 Å². The number of epoxide rings is 1. The first-order chi connectivity index (χ1) is 11.2. The predicted molar refractivity (Wildman–Crippen MR) is 91.8 cm³/mol. The van der Waals surface area contributed by atoms with E-state index in [-0.39, 0.29) is 5.79 Å². The fraction of sp³-hybridized carbons (Fsp3) is 0.211. The first-order valence-corrected chi connectivity index (χ1v) is 7.57. The third kappa shape index (κ3) is 4.28. The smallest absolute Gasteiger partial charge is 0.189 e. The SMILES string of the molecule is C=Cc1nc2ccccc2[nH]1.CC1(OCc2ccccc2)CO1. The van der Waals surface area contributed by atoms with Crippen LogP contribution in [0.1, 0.15) is 18.3 Å². The van der Waals surface area contributed by atoms with E-state index in [2.05, 4.69) is 16.5 Å². The maximum atomic E-state index is 5.50. The van der Waals surface area contributed by atoms with Crippen molar-refractivity contribution >= 4 is 17.1 Å². The zero-order chi connectivity index (χ0) is 16.1. The molecule has 1 aliphatic heterocycles. The lowest BCUT2D eigenvalue weighted by Gasteiger charge is -2.06. The van der Waals surface area contributed by atoms with E-state index in [9.17, 15) is 0 Å². The molecule has 0 spiro atoms. The second-order valence-electron chi connectivity index (χ2n) is 5.54. The van der Waals surface area contributed by atoms with Crippen LogP contribution in [0.3, 0.4) is 0 Å². The first-order valence-electron chi connectivity index (χ1n) is 7.57. The van der Waals surface area contributed by atoms with E-state index in [4.69, 9.17) is 9.47 Å². The molecule has 4 nitrogen and oxygen atoms in total. The second kappa shape index (κ2) is 6.77. The van der Waals surface area contributed by atoms with Gasteiger partial charge in [-0.3, -0.25) is 0 Å². The van der Waals surface area contributed by atoms with Gasteiger partial charge in [0.2, 0.25) is 0 Å². The number of ether oxygens (including phenoxy) is 2. The summed E-state index contributed by atoms with van der Waals surface area (Å²) < 4.78 is 10.6. The summed E-state index contributed by atoms with van der Waals surface area (Å²) in [5, 5.41) is 0. The van der Waals surface area contributed by atoms with Crippen molar-refractivity contribution in [3.8, 4) is 0 Å². The number of nitrogens with one attached hydrogen (secondary N) is 1. The van der Waals surface area contributed by atoms with E-state index in [0.717, 1.165) is 23.5 Å². The van der Waals surface area contributed by atoms with Gasteiger partial charge in [0.15, 0.2) is 5.79 Å². The van der Waals surface area contributed by atoms with Crippen molar-refractivity contribution in [1.82, 2.24) is 9.97 Å². The number of imidazole rings is 1. The molecule has 2 aromatic carbocycles. The third-order valence-corrected chi connectivity index (χ3v) is 3.54. The molecule has 1 atom stereocenters. The highest BCUT2D eigenvalue weighted by atomic mass is 16.8. The van der Waals surface area contributed by atoms with Crippen molar-refractivity contribution in [1.29, 1.82) is 0 Å². The Morgan fingerprint density at radius 2 is 1.91 bits per heavy atom. The number of hydrogen-bond acceptors (Lipinski definition) is 3. The summed E-state index contributed by atoms with van der Waals surface area (Å²) in [4.78, 5) is 7.37. The van der Waals surface area contributed by atoms with Gasteiger partial charge in [-0.25, -0.2) is 4.98 Å². The average Bonchev–Trinajstić information content (AvgIpc) is 3.18. The molecule has 4 heteroatoms. The van der Waals surface area contributed by atoms with Crippen molar-refractivity contribution in [3.63, 3.8) is 0 Å². The van der Waals surface area contributed by atoms with Crippen molar-refractivity contribution in [2.75, 3.05) is 6.61 Å². The largest absolute Gasteiger partial charge is 0.343 e. The third-order valence-electron chi connectivity index (χ3n) is 3.54. The zero-order valence-corrected chi connectivity index (χ0v) is 13.2. The maximum Gasteiger partial charge on any atom is 0.189 e. The summed E-state index contributed by atoms with van der Waals surface area (Å²) in [6.45, 7) is 6.95.